The molecule has 0 aliphatic heterocycles. The monoisotopic (exact) mass is 612 g/mol. The van der Waals surface area contributed by atoms with Crippen molar-refractivity contribution < 1.29 is 19.0 Å². The van der Waals surface area contributed by atoms with E-state index in [2.05, 4.69) is 63.8 Å². The van der Waals surface area contributed by atoms with Gasteiger partial charge in [0.2, 0.25) is 0 Å². The van der Waals surface area contributed by atoms with Gasteiger partial charge in [-0.15, -0.1) is 0 Å². The number of methoxy groups -OCH3 is 1. The molecule has 5 rings (SSSR count). The van der Waals surface area contributed by atoms with E-state index in [9.17, 15) is 4.79 Å². The van der Waals surface area contributed by atoms with E-state index in [4.69, 9.17) is 29.3 Å². The zero-order valence-corrected chi connectivity index (χ0v) is 28.1. The Kier molecular flexibility index (Phi) is 9.65. The van der Waals surface area contributed by atoms with Crippen LogP contribution in [0.1, 0.15) is 43.0 Å². The van der Waals surface area contributed by atoms with Gasteiger partial charge in [-0.1, -0.05) is 43.9 Å². The van der Waals surface area contributed by atoms with Gasteiger partial charge in [0, 0.05) is 38.1 Å². The first-order valence-corrected chi connectivity index (χ1v) is 19.2. The zero-order valence-electron chi connectivity index (χ0n) is 27.1. The molecule has 232 valence electrons. The Morgan fingerprint density at radius 3 is 2.59 bits per heavy atom. The van der Waals surface area contributed by atoms with Crippen LogP contribution in [-0.2, 0) is 21.0 Å². The number of pyridine rings is 2. The number of rotatable bonds is 11. The van der Waals surface area contributed by atoms with Crippen LogP contribution >= 0.6 is 0 Å². The summed E-state index contributed by atoms with van der Waals surface area (Å²) in [4.78, 5) is 22.2. The molecule has 1 aliphatic carbocycles. The van der Waals surface area contributed by atoms with Crippen molar-refractivity contribution in [2.45, 2.75) is 72.4 Å². The maximum atomic E-state index is 12.2. The van der Waals surface area contributed by atoms with E-state index in [1.54, 1.807) is 7.11 Å². The van der Waals surface area contributed by atoms with Crippen molar-refractivity contribution >= 4 is 30.6 Å². The number of nitrogens with zero attached hydrogens (tertiary/aromatic N) is 4. The molecule has 0 fully saturated rings. The molecule has 0 radical (unpaired) electrons. The van der Waals surface area contributed by atoms with Gasteiger partial charge >= 0.3 is 5.97 Å². The maximum absolute atomic E-state index is 12.2. The van der Waals surface area contributed by atoms with Crippen LogP contribution in [0.3, 0.4) is 0 Å². The van der Waals surface area contributed by atoms with Crippen molar-refractivity contribution in [2.24, 2.45) is 5.92 Å². The zero-order chi connectivity index (χ0) is 31.4. The molecule has 0 bridgehead atoms. The van der Waals surface area contributed by atoms with E-state index in [0.29, 0.717) is 32.1 Å². The number of benzene rings is 1. The molecule has 8 nitrogen and oxygen atoms in total. The third-order valence-corrected chi connectivity index (χ3v) is 10.1. The standard InChI is InChI=1S/C35H44N4O4Si/c1-8-43-35(40)26-14-12-25(13-15-26)29-17-16-27(21-36-29)32-34-30(39(38-32)22-42-18-19-44(5,6)7)20-31(41-4)33(37-34)28-11-9-10-23(2)24(28)3/h9-12,16-17,20-21,26H,8,13-15,18-19,22H2,1-7H3. The Morgan fingerprint density at radius 2 is 1.93 bits per heavy atom. The summed E-state index contributed by atoms with van der Waals surface area (Å²) >= 11 is 0. The molecule has 0 spiro atoms. The fraction of sp³-hybridized carbons (Fsp3) is 0.429. The van der Waals surface area contributed by atoms with Crippen molar-refractivity contribution in [3.8, 4) is 28.3 Å². The SMILES string of the molecule is CCOC(=O)C1CC=C(c2ccc(-c3nn(COCC[Si](C)(C)C)c4cc(OC)c(-c5cccc(C)c5C)nc34)cn2)CC1. The molecule has 44 heavy (non-hydrogen) atoms. The quantitative estimate of drug-likeness (QED) is 0.0968. The number of ether oxygens (including phenoxy) is 3. The average Bonchev–Trinajstić information content (AvgIpc) is 3.37. The van der Waals surface area contributed by atoms with E-state index < -0.39 is 8.07 Å². The molecule has 3 heterocycles. The van der Waals surface area contributed by atoms with Crippen LogP contribution in [0.4, 0.5) is 0 Å². The lowest BCUT2D eigenvalue weighted by molar-refractivity contribution is -0.148. The van der Waals surface area contributed by atoms with Crippen molar-refractivity contribution in [1.82, 2.24) is 19.7 Å². The van der Waals surface area contributed by atoms with Gasteiger partial charge in [0.05, 0.1) is 30.8 Å². The number of esters is 1. The predicted octanol–water partition coefficient (Wildman–Crippen LogP) is 7.84. The molecule has 0 amide bonds. The first kappa shape index (κ1) is 31.6. The molecule has 3 aromatic heterocycles. The molecule has 1 unspecified atom stereocenters. The van der Waals surface area contributed by atoms with Crippen LogP contribution in [0, 0.1) is 19.8 Å². The van der Waals surface area contributed by atoms with Crippen molar-refractivity contribution in [1.29, 1.82) is 0 Å². The van der Waals surface area contributed by atoms with Gasteiger partial charge < -0.3 is 14.2 Å². The summed E-state index contributed by atoms with van der Waals surface area (Å²) in [6.07, 6.45) is 6.24. The molecule has 1 aromatic carbocycles. The smallest absolute Gasteiger partial charge is 0.309 e. The Labute approximate surface area is 261 Å². The highest BCUT2D eigenvalue weighted by Gasteiger charge is 2.24. The summed E-state index contributed by atoms with van der Waals surface area (Å²) in [5, 5.41) is 5.01. The molecular formula is C35H44N4O4Si. The third-order valence-electron chi connectivity index (χ3n) is 8.38. The minimum Gasteiger partial charge on any atom is -0.494 e. The van der Waals surface area contributed by atoms with Gasteiger partial charge in [-0.25, -0.2) is 9.67 Å². The highest BCUT2D eigenvalue weighted by atomic mass is 28.3. The normalized spacial score (nSPS) is 15.3. The number of carbonyl (C=O) groups is 1. The van der Waals surface area contributed by atoms with Crippen LogP contribution in [0.2, 0.25) is 25.7 Å². The number of carbonyl (C=O) groups excluding carboxylic acids is 1. The average molecular weight is 613 g/mol. The van der Waals surface area contributed by atoms with E-state index in [1.165, 1.54) is 11.1 Å². The molecule has 0 saturated carbocycles. The van der Waals surface area contributed by atoms with E-state index in [1.807, 2.05) is 29.9 Å². The number of fused-ring (bicyclic) bond motifs is 1. The van der Waals surface area contributed by atoms with E-state index in [-0.39, 0.29) is 11.9 Å². The molecule has 0 N–H and O–H groups in total. The van der Waals surface area contributed by atoms with Crippen LogP contribution < -0.4 is 4.74 Å². The number of hydrogen-bond acceptors (Lipinski definition) is 7. The summed E-state index contributed by atoms with van der Waals surface area (Å²) in [5.74, 6) is 0.512. The molecular weight excluding hydrogens is 568 g/mol. The minimum atomic E-state index is -1.22. The topological polar surface area (TPSA) is 88.4 Å². The molecule has 1 atom stereocenters. The molecule has 4 aromatic rings. The van der Waals surface area contributed by atoms with Crippen LogP contribution in [0.25, 0.3) is 39.1 Å². The fourth-order valence-electron chi connectivity index (χ4n) is 5.52. The molecule has 9 heteroatoms. The Morgan fingerprint density at radius 1 is 1.11 bits per heavy atom. The summed E-state index contributed by atoms with van der Waals surface area (Å²) < 4.78 is 19.1. The summed E-state index contributed by atoms with van der Waals surface area (Å²) in [6, 6.07) is 13.4. The Balaban J connectivity index is 1.51. The lowest BCUT2D eigenvalue weighted by Crippen LogP contribution is -2.22. The number of hydrogen-bond donors (Lipinski definition) is 0. The Hall–Kier alpha value is -3.82. The van der Waals surface area contributed by atoms with Crippen molar-refractivity contribution in [3.63, 3.8) is 0 Å². The first-order valence-electron chi connectivity index (χ1n) is 15.5. The van der Waals surface area contributed by atoms with Crippen molar-refractivity contribution in [2.75, 3.05) is 20.3 Å². The first-order chi connectivity index (χ1) is 21.1. The lowest BCUT2D eigenvalue weighted by atomic mass is 9.88. The van der Waals surface area contributed by atoms with Crippen LogP contribution in [-0.4, -0.2) is 54.1 Å². The number of aryl methyl sites for hydroxylation is 1. The van der Waals surface area contributed by atoms with Crippen LogP contribution in [0.15, 0.2) is 48.7 Å². The van der Waals surface area contributed by atoms with Gasteiger partial charge in [0.15, 0.2) is 0 Å². The molecule has 1 aliphatic rings. The van der Waals surface area contributed by atoms with E-state index in [0.717, 1.165) is 63.7 Å². The minimum absolute atomic E-state index is 0.0736. The molecule has 0 saturated heterocycles. The largest absolute Gasteiger partial charge is 0.494 e. The second-order valence-corrected chi connectivity index (χ2v) is 18.4. The highest BCUT2D eigenvalue weighted by Crippen LogP contribution is 2.38. The predicted molar refractivity (Wildman–Crippen MR) is 178 cm³/mol. The van der Waals surface area contributed by atoms with Gasteiger partial charge in [-0.05, 0) is 74.9 Å². The third kappa shape index (κ3) is 6.94. The highest BCUT2D eigenvalue weighted by molar-refractivity contribution is 6.76. The van der Waals surface area contributed by atoms with Gasteiger partial charge in [0.25, 0.3) is 0 Å². The number of allylic oxidation sites excluding steroid dienone is 2. The second-order valence-electron chi connectivity index (χ2n) is 12.7. The summed E-state index contributed by atoms with van der Waals surface area (Å²) in [7, 11) is 0.459. The van der Waals surface area contributed by atoms with E-state index >= 15 is 0 Å². The van der Waals surface area contributed by atoms with Gasteiger partial charge in [-0.3, -0.25) is 9.78 Å². The summed E-state index contributed by atoms with van der Waals surface area (Å²) in [6.45, 7) is 14.5. The van der Waals surface area contributed by atoms with Gasteiger partial charge in [0.1, 0.15) is 29.4 Å². The summed E-state index contributed by atoms with van der Waals surface area (Å²) in [5.41, 5.74) is 9.52. The Bertz CT molecular complexity index is 1670. The van der Waals surface area contributed by atoms with Crippen LogP contribution in [0.5, 0.6) is 5.75 Å². The fourth-order valence-corrected chi connectivity index (χ4v) is 6.28. The van der Waals surface area contributed by atoms with Crippen molar-refractivity contribution in [3.05, 3.63) is 65.5 Å². The maximum Gasteiger partial charge on any atom is 0.309 e. The second kappa shape index (κ2) is 13.4. The number of aromatic nitrogens is 4. The van der Waals surface area contributed by atoms with Gasteiger partial charge in [-0.2, -0.15) is 5.10 Å². The lowest BCUT2D eigenvalue weighted by Gasteiger charge is -2.20.